The van der Waals surface area contributed by atoms with Crippen molar-refractivity contribution in [1.82, 2.24) is 14.8 Å². The molecule has 4 atom stereocenters. The minimum atomic E-state index is -0.791. The van der Waals surface area contributed by atoms with Crippen molar-refractivity contribution in [1.29, 1.82) is 0 Å². The lowest BCUT2D eigenvalue weighted by atomic mass is 9.99. The SMILES string of the molecule is C[C@H](CO)N1C[C@H](C)[C@H](CN(C)Cc2ccc(-c3ccccc3)cc2)Oc2ncc(C#C[C@@H](C)O)cc2C1=O. The Hall–Kier alpha value is -3.70. The summed E-state index contributed by atoms with van der Waals surface area (Å²) in [6, 6.07) is 20.2. The lowest BCUT2D eigenvalue weighted by Crippen LogP contribution is -2.49. The lowest BCUT2D eigenvalue weighted by Gasteiger charge is -2.37. The molecule has 0 saturated heterocycles. The van der Waals surface area contributed by atoms with Crippen LogP contribution in [0.5, 0.6) is 5.88 Å². The van der Waals surface area contributed by atoms with Crippen molar-refractivity contribution < 1.29 is 19.7 Å². The fourth-order valence-corrected chi connectivity index (χ4v) is 4.69. The second kappa shape index (κ2) is 12.9. The molecule has 0 radical (unpaired) electrons. The van der Waals surface area contributed by atoms with Crippen LogP contribution in [0.15, 0.2) is 66.9 Å². The summed E-state index contributed by atoms with van der Waals surface area (Å²) >= 11 is 0. The summed E-state index contributed by atoms with van der Waals surface area (Å²) in [5, 5.41) is 19.4. The molecule has 1 amide bonds. The number of nitrogens with zero attached hydrogens (tertiary/aromatic N) is 3. The molecule has 0 fully saturated rings. The van der Waals surface area contributed by atoms with Gasteiger partial charge in [0.05, 0.1) is 12.6 Å². The summed E-state index contributed by atoms with van der Waals surface area (Å²) in [6.07, 6.45) is 0.531. The van der Waals surface area contributed by atoms with Gasteiger partial charge in [-0.25, -0.2) is 4.98 Å². The molecule has 7 nitrogen and oxygen atoms in total. The molecule has 1 aliphatic heterocycles. The average molecular weight is 528 g/mol. The molecule has 2 N–H and O–H groups in total. The minimum Gasteiger partial charge on any atom is -0.472 e. The van der Waals surface area contributed by atoms with Gasteiger partial charge in [-0.05, 0) is 43.7 Å². The fraction of sp³-hybridized carbons (Fsp3) is 0.375. The number of hydrogen-bond donors (Lipinski definition) is 2. The van der Waals surface area contributed by atoms with Crippen molar-refractivity contribution in [2.24, 2.45) is 5.92 Å². The number of amides is 1. The van der Waals surface area contributed by atoms with E-state index in [0.717, 1.165) is 6.54 Å². The van der Waals surface area contributed by atoms with Crippen LogP contribution < -0.4 is 4.74 Å². The third-order valence-corrected chi connectivity index (χ3v) is 6.95. The molecule has 2 aromatic carbocycles. The number of fused-ring (bicyclic) bond motifs is 1. The van der Waals surface area contributed by atoms with Gasteiger partial charge in [0.15, 0.2) is 0 Å². The zero-order valence-corrected chi connectivity index (χ0v) is 23.0. The number of carbonyl (C=O) groups is 1. The van der Waals surface area contributed by atoms with Crippen LogP contribution in [0.4, 0.5) is 0 Å². The van der Waals surface area contributed by atoms with E-state index in [0.29, 0.717) is 24.2 Å². The monoisotopic (exact) mass is 527 g/mol. The van der Waals surface area contributed by atoms with Crippen LogP contribution in [0, 0.1) is 17.8 Å². The number of aliphatic hydroxyl groups is 2. The highest BCUT2D eigenvalue weighted by molar-refractivity contribution is 5.97. The van der Waals surface area contributed by atoms with E-state index in [4.69, 9.17) is 4.74 Å². The summed E-state index contributed by atoms with van der Waals surface area (Å²) < 4.78 is 6.39. The van der Waals surface area contributed by atoms with E-state index in [1.165, 1.54) is 16.7 Å². The topological polar surface area (TPSA) is 86.1 Å². The third-order valence-electron chi connectivity index (χ3n) is 6.95. The standard InChI is InChI=1S/C32H37N3O4/c1-22-18-35(23(2)21-36)32(38)29-16-26(11-10-24(3)37)17-33-31(29)39-30(22)20-34(4)19-25-12-14-28(15-13-25)27-8-6-5-7-9-27/h5-9,12-17,22-24,30,36-37H,18-21H2,1-4H3/t22-,23+,24+,30-/m0/s1. The molecule has 204 valence electrons. The van der Waals surface area contributed by atoms with Gasteiger partial charge in [0.2, 0.25) is 5.88 Å². The van der Waals surface area contributed by atoms with Crippen LogP contribution in [0.3, 0.4) is 0 Å². The number of ether oxygens (including phenoxy) is 1. The van der Waals surface area contributed by atoms with Gasteiger partial charge < -0.3 is 19.8 Å². The summed E-state index contributed by atoms with van der Waals surface area (Å²) in [5.41, 5.74) is 4.40. The summed E-state index contributed by atoms with van der Waals surface area (Å²) in [4.78, 5) is 21.9. The molecule has 2 heterocycles. The van der Waals surface area contributed by atoms with E-state index < -0.39 is 6.10 Å². The van der Waals surface area contributed by atoms with Crippen molar-refractivity contribution in [2.45, 2.75) is 45.6 Å². The highest BCUT2D eigenvalue weighted by Gasteiger charge is 2.34. The van der Waals surface area contributed by atoms with E-state index >= 15 is 0 Å². The van der Waals surface area contributed by atoms with Crippen molar-refractivity contribution >= 4 is 5.91 Å². The first kappa shape index (κ1) is 28.3. The first-order valence-electron chi connectivity index (χ1n) is 13.4. The predicted octanol–water partition coefficient (Wildman–Crippen LogP) is 3.83. The molecule has 0 unspecified atom stereocenters. The number of aromatic nitrogens is 1. The van der Waals surface area contributed by atoms with Crippen molar-refractivity contribution in [3.05, 3.63) is 83.6 Å². The molecule has 1 aromatic heterocycles. The van der Waals surface area contributed by atoms with Crippen LogP contribution in [-0.4, -0.2) is 75.9 Å². The fourth-order valence-electron chi connectivity index (χ4n) is 4.69. The number of pyridine rings is 1. The average Bonchev–Trinajstić information content (AvgIpc) is 2.94. The third kappa shape index (κ3) is 7.24. The number of aliphatic hydroxyl groups excluding tert-OH is 2. The number of likely N-dealkylation sites (N-methyl/N-ethyl adjacent to an activating group) is 1. The molecular formula is C32H37N3O4. The van der Waals surface area contributed by atoms with Gasteiger partial charge in [0, 0.05) is 37.3 Å². The largest absolute Gasteiger partial charge is 0.472 e. The van der Waals surface area contributed by atoms with Gasteiger partial charge in [0.25, 0.3) is 5.91 Å². The first-order valence-corrected chi connectivity index (χ1v) is 13.4. The van der Waals surface area contributed by atoms with Crippen molar-refractivity contribution in [3.63, 3.8) is 0 Å². The number of rotatable bonds is 7. The molecule has 4 rings (SSSR count). The highest BCUT2D eigenvalue weighted by atomic mass is 16.5. The van der Waals surface area contributed by atoms with Gasteiger partial charge in [-0.2, -0.15) is 0 Å². The van der Waals surface area contributed by atoms with Gasteiger partial charge >= 0.3 is 0 Å². The summed E-state index contributed by atoms with van der Waals surface area (Å²) in [6.45, 7) is 7.13. The summed E-state index contributed by atoms with van der Waals surface area (Å²) in [5.74, 6) is 5.55. The quantitative estimate of drug-likeness (QED) is 0.454. The molecule has 39 heavy (non-hydrogen) atoms. The van der Waals surface area contributed by atoms with Crippen LogP contribution in [-0.2, 0) is 6.54 Å². The Balaban J connectivity index is 1.54. The van der Waals surface area contributed by atoms with Crippen LogP contribution >= 0.6 is 0 Å². The molecule has 3 aromatic rings. The second-order valence-electron chi connectivity index (χ2n) is 10.4. The summed E-state index contributed by atoms with van der Waals surface area (Å²) in [7, 11) is 2.06. The van der Waals surface area contributed by atoms with Gasteiger partial charge in [-0.15, -0.1) is 0 Å². The maximum absolute atomic E-state index is 13.5. The van der Waals surface area contributed by atoms with E-state index in [-0.39, 0.29) is 36.5 Å². The molecule has 7 heteroatoms. The Labute approximate surface area is 231 Å². The molecule has 0 aliphatic carbocycles. The molecule has 0 saturated carbocycles. The zero-order valence-electron chi connectivity index (χ0n) is 23.0. The minimum absolute atomic E-state index is 0.00415. The van der Waals surface area contributed by atoms with Gasteiger partial charge in [-0.1, -0.05) is 73.4 Å². The van der Waals surface area contributed by atoms with E-state index in [9.17, 15) is 15.0 Å². The Kier molecular flexibility index (Phi) is 9.36. The van der Waals surface area contributed by atoms with E-state index in [2.05, 4.69) is 72.1 Å². The molecule has 0 bridgehead atoms. The molecule has 1 aliphatic rings. The van der Waals surface area contributed by atoms with Gasteiger partial charge in [-0.3, -0.25) is 9.69 Å². The second-order valence-corrected chi connectivity index (χ2v) is 10.4. The highest BCUT2D eigenvalue weighted by Crippen LogP contribution is 2.28. The molecular weight excluding hydrogens is 490 g/mol. The lowest BCUT2D eigenvalue weighted by molar-refractivity contribution is 0.0325. The van der Waals surface area contributed by atoms with Crippen LogP contribution in [0.1, 0.15) is 42.3 Å². The van der Waals surface area contributed by atoms with Crippen molar-refractivity contribution in [2.75, 3.05) is 26.7 Å². The Bertz CT molecular complexity index is 1310. The van der Waals surface area contributed by atoms with Crippen LogP contribution in [0.25, 0.3) is 11.1 Å². The smallest absolute Gasteiger partial charge is 0.259 e. The number of hydrogen-bond acceptors (Lipinski definition) is 6. The Morgan fingerprint density at radius 2 is 1.82 bits per heavy atom. The first-order chi connectivity index (χ1) is 18.7. The van der Waals surface area contributed by atoms with E-state index in [1.54, 1.807) is 24.1 Å². The van der Waals surface area contributed by atoms with E-state index in [1.807, 2.05) is 25.1 Å². The molecule has 0 spiro atoms. The Morgan fingerprint density at radius 1 is 1.13 bits per heavy atom. The van der Waals surface area contributed by atoms with Gasteiger partial charge in [0.1, 0.15) is 17.8 Å². The normalized spacial score (nSPS) is 18.7. The maximum atomic E-state index is 13.5. The number of carbonyl (C=O) groups excluding carboxylic acids is 1. The zero-order chi connectivity index (χ0) is 27.9. The van der Waals surface area contributed by atoms with Crippen molar-refractivity contribution in [3.8, 4) is 28.8 Å². The van der Waals surface area contributed by atoms with Crippen LogP contribution in [0.2, 0.25) is 0 Å². The maximum Gasteiger partial charge on any atom is 0.259 e. The predicted molar refractivity (Wildman–Crippen MR) is 152 cm³/mol. The number of benzene rings is 2. The Morgan fingerprint density at radius 3 is 2.49 bits per heavy atom.